The quantitative estimate of drug-likeness (QED) is 0.896. The van der Waals surface area contributed by atoms with Gasteiger partial charge in [0.25, 0.3) is 0 Å². The van der Waals surface area contributed by atoms with E-state index in [4.69, 9.17) is 5.11 Å². The van der Waals surface area contributed by atoms with E-state index in [9.17, 15) is 4.79 Å². The number of carboxylic acid groups (broad SMARTS) is 1. The minimum atomic E-state index is -0.765. The lowest BCUT2D eigenvalue weighted by Crippen LogP contribution is -2.18. The largest absolute Gasteiger partial charge is 0.481 e. The van der Waals surface area contributed by atoms with Gasteiger partial charge in [-0.05, 0) is 35.8 Å². The number of carboxylic acids is 1. The van der Waals surface area contributed by atoms with Crippen LogP contribution in [0.2, 0.25) is 0 Å². The second-order valence-electron chi connectivity index (χ2n) is 5.19. The maximum Gasteiger partial charge on any atom is 0.307 e. The molecule has 3 heteroatoms. The van der Waals surface area contributed by atoms with Gasteiger partial charge in [-0.15, -0.1) is 0 Å². The fourth-order valence-corrected chi connectivity index (χ4v) is 2.75. The fraction of sp³-hybridized carbons (Fsp3) is 0.400. The van der Waals surface area contributed by atoms with E-state index in [0.29, 0.717) is 0 Å². The molecule has 94 valence electrons. The molecule has 0 radical (unpaired) electrons. The van der Waals surface area contributed by atoms with Crippen LogP contribution in [0, 0.1) is 5.92 Å². The predicted molar refractivity (Wildman–Crippen MR) is 70.6 cm³/mol. The van der Waals surface area contributed by atoms with Crippen LogP contribution in [-0.4, -0.2) is 15.6 Å². The molecule has 0 unspecified atom stereocenters. The van der Waals surface area contributed by atoms with Gasteiger partial charge in [-0.25, -0.2) is 0 Å². The van der Waals surface area contributed by atoms with Gasteiger partial charge >= 0.3 is 5.97 Å². The number of benzene rings is 1. The predicted octanol–water partition coefficient (Wildman–Crippen LogP) is 3.07. The van der Waals surface area contributed by atoms with Crippen molar-refractivity contribution >= 4 is 16.9 Å². The van der Waals surface area contributed by atoms with E-state index in [1.54, 1.807) is 0 Å². The van der Waals surface area contributed by atoms with E-state index < -0.39 is 5.97 Å². The number of aliphatic carboxylic acids is 1. The molecule has 2 aromatic rings. The summed E-state index contributed by atoms with van der Waals surface area (Å²) >= 11 is 0. The maximum atomic E-state index is 10.9. The molecule has 3 nitrogen and oxygen atoms in total. The van der Waals surface area contributed by atoms with Crippen molar-refractivity contribution in [1.29, 1.82) is 0 Å². The van der Waals surface area contributed by atoms with Crippen LogP contribution >= 0.6 is 0 Å². The fourth-order valence-electron chi connectivity index (χ4n) is 2.75. The SMILES string of the molecule is O=C(O)Cc1cccc2ccn(CC3CCC3)c12. The average molecular weight is 243 g/mol. The Morgan fingerprint density at radius 3 is 2.83 bits per heavy atom. The van der Waals surface area contributed by atoms with Crippen LogP contribution < -0.4 is 0 Å². The summed E-state index contributed by atoms with van der Waals surface area (Å²) < 4.78 is 2.23. The highest BCUT2D eigenvalue weighted by Crippen LogP contribution is 2.30. The van der Waals surface area contributed by atoms with Gasteiger partial charge in [-0.2, -0.15) is 0 Å². The van der Waals surface area contributed by atoms with E-state index >= 15 is 0 Å². The lowest BCUT2D eigenvalue weighted by Gasteiger charge is -2.26. The van der Waals surface area contributed by atoms with Crippen LogP contribution in [0.3, 0.4) is 0 Å². The topological polar surface area (TPSA) is 42.2 Å². The third-order valence-electron chi connectivity index (χ3n) is 3.89. The Hall–Kier alpha value is -1.77. The van der Waals surface area contributed by atoms with Crippen molar-refractivity contribution in [2.45, 2.75) is 32.2 Å². The summed E-state index contributed by atoms with van der Waals surface area (Å²) in [6, 6.07) is 8.00. The summed E-state index contributed by atoms with van der Waals surface area (Å²) in [5, 5.41) is 10.1. The molecule has 1 aromatic heterocycles. The molecule has 0 amide bonds. The Balaban J connectivity index is 1.99. The first kappa shape index (κ1) is 11.3. The van der Waals surface area contributed by atoms with Gasteiger partial charge in [0.15, 0.2) is 0 Å². The van der Waals surface area contributed by atoms with Crippen LogP contribution in [0.25, 0.3) is 10.9 Å². The number of hydrogen-bond acceptors (Lipinski definition) is 1. The summed E-state index contributed by atoms with van der Waals surface area (Å²) in [4.78, 5) is 10.9. The van der Waals surface area contributed by atoms with Crippen LogP contribution in [-0.2, 0) is 17.8 Å². The van der Waals surface area contributed by atoms with Gasteiger partial charge in [0.1, 0.15) is 0 Å². The summed E-state index contributed by atoms with van der Waals surface area (Å²) in [6.07, 6.45) is 6.15. The molecule has 1 heterocycles. The molecule has 0 atom stereocenters. The highest BCUT2D eigenvalue weighted by Gasteiger charge is 2.19. The number of hydrogen-bond donors (Lipinski definition) is 1. The first-order valence-electron chi connectivity index (χ1n) is 6.52. The van der Waals surface area contributed by atoms with Gasteiger partial charge < -0.3 is 9.67 Å². The Morgan fingerprint density at radius 2 is 2.17 bits per heavy atom. The highest BCUT2D eigenvalue weighted by molar-refractivity contribution is 5.86. The summed E-state index contributed by atoms with van der Waals surface area (Å²) in [7, 11) is 0. The molecule has 1 saturated carbocycles. The molecule has 0 spiro atoms. The monoisotopic (exact) mass is 243 g/mol. The van der Waals surface area contributed by atoms with E-state index in [0.717, 1.165) is 28.9 Å². The maximum absolute atomic E-state index is 10.9. The minimum absolute atomic E-state index is 0.103. The number of aromatic nitrogens is 1. The van der Waals surface area contributed by atoms with Gasteiger partial charge in [0.2, 0.25) is 0 Å². The minimum Gasteiger partial charge on any atom is -0.481 e. The van der Waals surface area contributed by atoms with Crippen molar-refractivity contribution in [2.24, 2.45) is 5.92 Å². The zero-order chi connectivity index (χ0) is 12.5. The second-order valence-corrected chi connectivity index (χ2v) is 5.19. The lowest BCUT2D eigenvalue weighted by molar-refractivity contribution is -0.136. The average Bonchev–Trinajstić information content (AvgIpc) is 2.67. The molecule has 1 aromatic carbocycles. The molecule has 1 aliphatic carbocycles. The van der Waals surface area contributed by atoms with E-state index in [-0.39, 0.29) is 6.42 Å². The van der Waals surface area contributed by atoms with Crippen molar-refractivity contribution in [3.05, 3.63) is 36.0 Å². The standard InChI is InChI=1S/C15H17NO2/c17-14(18)9-13-6-2-5-12-7-8-16(15(12)13)10-11-3-1-4-11/h2,5-8,11H,1,3-4,9-10H2,(H,17,18). The summed E-state index contributed by atoms with van der Waals surface area (Å²) in [5.41, 5.74) is 2.02. The Bertz CT molecular complexity index is 581. The highest BCUT2D eigenvalue weighted by atomic mass is 16.4. The Kier molecular flexibility index (Phi) is 2.82. The molecule has 0 saturated heterocycles. The number of carbonyl (C=O) groups is 1. The van der Waals surface area contributed by atoms with Gasteiger partial charge in [-0.1, -0.05) is 24.6 Å². The first-order valence-corrected chi connectivity index (χ1v) is 6.52. The van der Waals surface area contributed by atoms with Crippen LogP contribution in [0.1, 0.15) is 24.8 Å². The van der Waals surface area contributed by atoms with Gasteiger partial charge in [0, 0.05) is 12.7 Å². The molecule has 18 heavy (non-hydrogen) atoms. The van der Waals surface area contributed by atoms with E-state index in [1.807, 2.05) is 12.1 Å². The molecule has 0 bridgehead atoms. The van der Waals surface area contributed by atoms with Crippen molar-refractivity contribution in [3.63, 3.8) is 0 Å². The molecular weight excluding hydrogens is 226 g/mol. The third-order valence-corrected chi connectivity index (χ3v) is 3.89. The molecule has 3 rings (SSSR count). The summed E-state index contributed by atoms with van der Waals surface area (Å²) in [6.45, 7) is 1.03. The van der Waals surface area contributed by atoms with E-state index in [1.165, 1.54) is 19.3 Å². The smallest absolute Gasteiger partial charge is 0.307 e. The molecule has 1 fully saturated rings. The van der Waals surface area contributed by atoms with Gasteiger partial charge in [0.05, 0.1) is 11.9 Å². The van der Waals surface area contributed by atoms with Crippen LogP contribution in [0.5, 0.6) is 0 Å². The van der Waals surface area contributed by atoms with Crippen LogP contribution in [0.4, 0.5) is 0 Å². The van der Waals surface area contributed by atoms with Crippen molar-refractivity contribution < 1.29 is 9.90 Å². The molecule has 1 aliphatic rings. The van der Waals surface area contributed by atoms with Crippen molar-refractivity contribution in [1.82, 2.24) is 4.57 Å². The normalized spacial score (nSPS) is 15.8. The van der Waals surface area contributed by atoms with E-state index in [2.05, 4.69) is 22.9 Å². The Labute approximate surface area is 106 Å². The molecule has 1 N–H and O–H groups in total. The number of nitrogens with zero attached hydrogens (tertiary/aromatic N) is 1. The Morgan fingerprint density at radius 1 is 1.33 bits per heavy atom. The van der Waals surface area contributed by atoms with Crippen LogP contribution in [0.15, 0.2) is 30.5 Å². The summed E-state index contributed by atoms with van der Waals surface area (Å²) in [5.74, 6) is 0.0115. The number of rotatable bonds is 4. The third kappa shape index (κ3) is 2.01. The zero-order valence-corrected chi connectivity index (χ0v) is 10.3. The number of para-hydroxylation sites is 1. The zero-order valence-electron chi connectivity index (χ0n) is 10.3. The van der Waals surface area contributed by atoms with Crippen molar-refractivity contribution in [3.8, 4) is 0 Å². The van der Waals surface area contributed by atoms with Gasteiger partial charge in [-0.3, -0.25) is 4.79 Å². The molecule has 0 aliphatic heterocycles. The molecular formula is C15H17NO2. The lowest BCUT2D eigenvalue weighted by atomic mass is 9.85. The first-order chi connectivity index (χ1) is 8.74. The second kappa shape index (κ2) is 4.48. The number of fused-ring (bicyclic) bond motifs is 1. The van der Waals surface area contributed by atoms with Crippen molar-refractivity contribution in [2.75, 3.05) is 0 Å².